The number of rotatable bonds is 12. The maximum absolute atomic E-state index is 13.0. The molecule has 0 saturated heterocycles. The molecule has 0 bridgehead atoms. The molecule has 1 aromatic rings. The summed E-state index contributed by atoms with van der Waals surface area (Å²) in [6.45, 7) is 0.120. The minimum atomic E-state index is -1.77. The molecule has 8 N–H and O–H groups in total. The molecule has 0 saturated carbocycles. The van der Waals surface area contributed by atoms with E-state index in [0.29, 0.717) is 19.5 Å². The average Bonchev–Trinajstić information content (AvgIpc) is 3.27. The van der Waals surface area contributed by atoms with E-state index >= 15 is 0 Å². The standard InChI is InChI=1S/C22H28N6O8/c23-21(24)27-9-7-13(11-27)6-8-25-22(36)28(18(20(34)35)14-4-2-1-3-5-14)12-16(29)26-15(19(32)33)10-17(30)31/h1-5,7,15,18H,6,8-12H2,(H3,23,24)(H,25,36)(H,26,29)(H,30,31)(H,32,33)(H,34,35). The number of hydrogen-bond donors (Lipinski definition) is 7. The molecule has 0 fully saturated rings. The highest BCUT2D eigenvalue weighted by atomic mass is 16.4. The summed E-state index contributed by atoms with van der Waals surface area (Å²) >= 11 is 0. The van der Waals surface area contributed by atoms with E-state index in [1.165, 1.54) is 12.1 Å². The van der Waals surface area contributed by atoms with Gasteiger partial charge in [-0.2, -0.15) is 0 Å². The lowest BCUT2D eigenvalue weighted by atomic mass is 10.1. The van der Waals surface area contributed by atoms with Crippen molar-refractivity contribution in [2.24, 2.45) is 5.73 Å². The average molecular weight is 505 g/mol. The second kappa shape index (κ2) is 12.7. The van der Waals surface area contributed by atoms with Crippen LogP contribution in [0.5, 0.6) is 0 Å². The fourth-order valence-corrected chi connectivity index (χ4v) is 3.55. The first-order valence-electron chi connectivity index (χ1n) is 10.8. The predicted octanol–water partition coefficient (Wildman–Crippen LogP) is -0.606. The summed E-state index contributed by atoms with van der Waals surface area (Å²) in [5.74, 6) is -5.62. The summed E-state index contributed by atoms with van der Waals surface area (Å²) in [4.78, 5) is 62.2. The first-order valence-corrected chi connectivity index (χ1v) is 10.8. The van der Waals surface area contributed by atoms with E-state index in [0.717, 1.165) is 10.5 Å². The van der Waals surface area contributed by atoms with Gasteiger partial charge in [-0.25, -0.2) is 14.4 Å². The smallest absolute Gasteiger partial charge is 0.331 e. The van der Waals surface area contributed by atoms with Gasteiger partial charge in [-0.3, -0.25) is 19.9 Å². The molecule has 2 atom stereocenters. The summed E-state index contributed by atoms with van der Waals surface area (Å²) in [6, 6.07) is 3.43. The summed E-state index contributed by atoms with van der Waals surface area (Å²) in [7, 11) is 0. The molecule has 1 aliphatic heterocycles. The fraction of sp³-hybridized carbons (Fsp3) is 0.364. The van der Waals surface area contributed by atoms with Crippen molar-refractivity contribution < 1.29 is 39.3 Å². The van der Waals surface area contributed by atoms with Crippen molar-refractivity contribution in [1.29, 1.82) is 5.41 Å². The van der Waals surface area contributed by atoms with Crippen molar-refractivity contribution in [3.63, 3.8) is 0 Å². The van der Waals surface area contributed by atoms with Gasteiger partial charge in [0.05, 0.1) is 6.42 Å². The zero-order valence-corrected chi connectivity index (χ0v) is 19.2. The highest BCUT2D eigenvalue weighted by Crippen LogP contribution is 2.21. The normalized spacial score (nSPS) is 14.2. The molecule has 36 heavy (non-hydrogen) atoms. The molecule has 0 aliphatic carbocycles. The van der Waals surface area contributed by atoms with E-state index in [-0.39, 0.29) is 18.1 Å². The Hall–Kier alpha value is -4.62. The first-order chi connectivity index (χ1) is 17.0. The highest BCUT2D eigenvalue weighted by Gasteiger charge is 2.34. The molecule has 1 heterocycles. The third-order valence-corrected chi connectivity index (χ3v) is 5.31. The maximum atomic E-state index is 13.0. The molecule has 14 nitrogen and oxygen atoms in total. The van der Waals surface area contributed by atoms with E-state index in [9.17, 15) is 29.1 Å². The number of aliphatic carboxylic acids is 3. The molecule has 0 radical (unpaired) electrons. The molecule has 2 unspecified atom stereocenters. The minimum Gasteiger partial charge on any atom is -0.481 e. The van der Waals surface area contributed by atoms with Gasteiger partial charge in [-0.05, 0) is 12.0 Å². The largest absolute Gasteiger partial charge is 0.481 e. The number of nitrogens with zero attached hydrogens (tertiary/aromatic N) is 2. The zero-order chi connectivity index (χ0) is 26.8. The number of carbonyl (C=O) groups is 5. The Labute approximate surface area is 205 Å². The van der Waals surface area contributed by atoms with Crippen LogP contribution in [0.4, 0.5) is 4.79 Å². The number of carboxylic acid groups (broad SMARTS) is 3. The number of nitrogens with one attached hydrogen (secondary N) is 3. The van der Waals surface area contributed by atoms with Crippen LogP contribution in [0.1, 0.15) is 24.4 Å². The third kappa shape index (κ3) is 8.00. The number of nitrogens with two attached hydrogens (primary N) is 1. The lowest BCUT2D eigenvalue weighted by molar-refractivity contribution is -0.147. The summed E-state index contributed by atoms with van der Waals surface area (Å²) in [5.41, 5.74) is 6.56. The van der Waals surface area contributed by atoms with Crippen molar-refractivity contribution >= 4 is 35.8 Å². The van der Waals surface area contributed by atoms with Gasteiger partial charge in [0.1, 0.15) is 12.6 Å². The molecule has 1 aromatic carbocycles. The molecule has 0 aromatic heterocycles. The van der Waals surface area contributed by atoms with Crippen LogP contribution in [-0.4, -0.2) is 93.1 Å². The zero-order valence-electron chi connectivity index (χ0n) is 19.2. The van der Waals surface area contributed by atoms with Crippen molar-refractivity contribution in [3.05, 3.63) is 47.5 Å². The van der Waals surface area contributed by atoms with Crippen LogP contribution in [0.15, 0.2) is 42.0 Å². The Morgan fingerprint density at radius 2 is 1.75 bits per heavy atom. The van der Waals surface area contributed by atoms with E-state index in [1.54, 1.807) is 23.1 Å². The number of amides is 3. The van der Waals surface area contributed by atoms with E-state index in [2.05, 4.69) is 5.32 Å². The third-order valence-electron chi connectivity index (χ3n) is 5.31. The van der Waals surface area contributed by atoms with E-state index in [1.807, 2.05) is 11.4 Å². The van der Waals surface area contributed by atoms with Gasteiger partial charge in [-0.15, -0.1) is 0 Å². The Bertz CT molecular complexity index is 1040. The van der Waals surface area contributed by atoms with Crippen LogP contribution in [0, 0.1) is 5.41 Å². The lowest BCUT2D eigenvalue weighted by Crippen LogP contribution is -2.52. The molecular weight excluding hydrogens is 476 g/mol. The van der Waals surface area contributed by atoms with Gasteiger partial charge in [0, 0.05) is 19.6 Å². The molecule has 14 heteroatoms. The molecular formula is C22H28N6O8. The van der Waals surface area contributed by atoms with Crippen LogP contribution in [-0.2, 0) is 19.2 Å². The summed E-state index contributed by atoms with van der Waals surface area (Å²) in [5, 5.41) is 39.9. The fourth-order valence-electron chi connectivity index (χ4n) is 3.55. The first kappa shape index (κ1) is 27.6. The second-order valence-electron chi connectivity index (χ2n) is 7.95. The van der Waals surface area contributed by atoms with Crippen LogP contribution in [0.3, 0.4) is 0 Å². The Balaban J connectivity index is 2.17. The van der Waals surface area contributed by atoms with Crippen molar-refractivity contribution in [1.82, 2.24) is 20.4 Å². The molecule has 0 spiro atoms. The van der Waals surface area contributed by atoms with Gasteiger partial charge >= 0.3 is 23.9 Å². The molecule has 194 valence electrons. The van der Waals surface area contributed by atoms with Gasteiger partial charge in [0.25, 0.3) is 0 Å². The van der Waals surface area contributed by atoms with Crippen molar-refractivity contribution in [2.45, 2.75) is 24.9 Å². The van der Waals surface area contributed by atoms with Crippen LogP contribution < -0.4 is 16.4 Å². The number of urea groups is 1. The van der Waals surface area contributed by atoms with Gasteiger partial charge in [-0.1, -0.05) is 42.0 Å². The molecule has 1 aliphatic rings. The molecule has 3 amide bonds. The van der Waals surface area contributed by atoms with Crippen LogP contribution in [0.2, 0.25) is 0 Å². The number of benzene rings is 1. The number of carbonyl (C=O) groups excluding carboxylic acids is 2. The number of carboxylic acids is 3. The summed E-state index contributed by atoms with van der Waals surface area (Å²) < 4.78 is 0. The van der Waals surface area contributed by atoms with Crippen LogP contribution >= 0.6 is 0 Å². The highest BCUT2D eigenvalue weighted by molar-refractivity contribution is 5.91. The Morgan fingerprint density at radius 1 is 1.08 bits per heavy atom. The minimum absolute atomic E-state index is 0.0859. The topological polar surface area (TPSA) is 226 Å². The summed E-state index contributed by atoms with van der Waals surface area (Å²) in [6.07, 6.45) is 1.34. The maximum Gasteiger partial charge on any atom is 0.331 e. The van der Waals surface area contributed by atoms with Crippen molar-refractivity contribution in [3.8, 4) is 0 Å². The second-order valence-corrected chi connectivity index (χ2v) is 7.95. The van der Waals surface area contributed by atoms with Crippen molar-refractivity contribution in [2.75, 3.05) is 26.2 Å². The SMILES string of the molecule is N=C(N)N1CC=C(CCNC(=O)N(CC(=O)NC(CC(=O)O)C(=O)O)C(C(=O)O)c2ccccc2)C1. The lowest BCUT2D eigenvalue weighted by Gasteiger charge is -2.29. The quantitative estimate of drug-likeness (QED) is 0.109. The van der Waals surface area contributed by atoms with Crippen LogP contribution in [0.25, 0.3) is 0 Å². The van der Waals surface area contributed by atoms with Gasteiger partial charge in [0.15, 0.2) is 12.0 Å². The van der Waals surface area contributed by atoms with E-state index in [4.69, 9.17) is 21.4 Å². The number of guanidine groups is 1. The van der Waals surface area contributed by atoms with Gasteiger partial charge < -0.3 is 36.6 Å². The number of hydrogen-bond acceptors (Lipinski definition) is 6. The molecule has 2 rings (SSSR count). The monoisotopic (exact) mass is 504 g/mol. The van der Waals surface area contributed by atoms with Gasteiger partial charge in [0.2, 0.25) is 5.91 Å². The Kier molecular flexibility index (Phi) is 9.77. The van der Waals surface area contributed by atoms with E-state index < -0.39 is 54.9 Å². The predicted molar refractivity (Wildman–Crippen MR) is 125 cm³/mol. The Morgan fingerprint density at radius 3 is 2.28 bits per heavy atom.